The Bertz CT molecular complexity index is 1160. The van der Waals surface area contributed by atoms with Crippen molar-refractivity contribution in [3.63, 3.8) is 0 Å². The van der Waals surface area contributed by atoms with Crippen LogP contribution in [0.4, 0.5) is 11.4 Å². The maximum absolute atomic E-state index is 12.6. The van der Waals surface area contributed by atoms with E-state index in [0.29, 0.717) is 28.4 Å². The molecular formula is C23H24N2O5S. The SMILES string of the molecule is COc1cccc(N(C)C(=O)COc2ccc(S(=O)(=O)Nc3ccccc3)cc2C)c1. The Morgan fingerprint density at radius 3 is 2.42 bits per heavy atom. The normalized spacial score (nSPS) is 10.9. The predicted octanol–water partition coefficient (Wildman–Crippen LogP) is 3.85. The van der Waals surface area contributed by atoms with Gasteiger partial charge in [-0.2, -0.15) is 0 Å². The summed E-state index contributed by atoms with van der Waals surface area (Å²) in [5, 5.41) is 0. The molecule has 1 N–H and O–H groups in total. The highest BCUT2D eigenvalue weighted by Crippen LogP contribution is 2.24. The van der Waals surface area contributed by atoms with Crippen molar-refractivity contribution in [1.82, 2.24) is 0 Å². The lowest BCUT2D eigenvalue weighted by Crippen LogP contribution is -2.31. The maximum Gasteiger partial charge on any atom is 0.264 e. The number of benzene rings is 3. The number of ether oxygens (including phenoxy) is 2. The van der Waals surface area contributed by atoms with Gasteiger partial charge < -0.3 is 14.4 Å². The van der Waals surface area contributed by atoms with Crippen LogP contribution in [-0.2, 0) is 14.8 Å². The number of aryl methyl sites for hydroxylation is 1. The lowest BCUT2D eigenvalue weighted by Gasteiger charge is -2.19. The van der Waals surface area contributed by atoms with Crippen molar-refractivity contribution >= 4 is 27.3 Å². The monoisotopic (exact) mass is 440 g/mol. The highest BCUT2D eigenvalue weighted by molar-refractivity contribution is 7.92. The molecule has 31 heavy (non-hydrogen) atoms. The van der Waals surface area contributed by atoms with Gasteiger partial charge >= 0.3 is 0 Å². The van der Waals surface area contributed by atoms with Crippen molar-refractivity contribution in [2.45, 2.75) is 11.8 Å². The van der Waals surface area contributed by atoms with E-state index in [2.05, 4.69) is 4.72 Å². The minimum atomic E-state index is -3.73. The number of nitrogens with zero attached hydrogens (tertiary/aromatic N) is 1. The van der Waals surface area contributed by atoms with E-state index in [1.165, 1.54) is 17.0 Å². The number of anilines is 2. The van der Waals surface area contributed by atoms with Crippen molar-refractivity contribution in [2.75, 3.05) is 30.4 Å². The van der Waals surface area contributed by atoms with Crippen LogP contribution in [0.1, 0.15) is 5.56 Å². The molecule has 0 aliphatic carbocycles. The van der Waals surface area contributed by atoms with Crippen molar-refractivity contribution in [2.24, 2.45) is 0 Å². The first-order valence-corrected chi connectivity index (χ1v) is 11.0. The minimum absolute atomic E-state index is 0.112. The topological polar surface area (TPSA) is 84.9 Å². The van der Waals surface area contributed by atoms with Crippen LogP contribution in [0.2, 0.25) is 0 Å². The smallest absolute Gasteiger partial charge is 0.264 e. The van der Waals surface area contributed by atoms with Gasteiger partial charge in [-0.1, -0.05) is 24.3 Å². The van der Waals surface area contributed by atoms with E-state index in [1.807, 2.05) is 0 Å². The van der Waals surface area contributed by atoms with Gasteiger partial charge in [0.15, 0.2) is 6.61 Å². The molecule has 3 aromatic carbocycles. The Morgan fingerprint density at radius 1 is 1.00 bits per heavy atom. The second-order valence-corrected chi connectivity index (χ2v) is 8.52. The summed E-state index contributed by atoms with van der Waals surface area (Å²) in [7, 11) is -0.520. The molecule has 0 saturated heterocycles. The molecule has 162 valence electrons. The number of carbonyl (C=O) groups is 1. The molecule has 0 radical (unpaired) electrons. The summed E-state index contributed by atoms with van der Waals surface area (Å²) in [4.78, 5) is 14.1. The van der Waals surface area contributed by atoms with Crippen LogP contribution in [0.3, 0.4) is 0 Å². The Balaban J connectivity index is 1.67. The summed E-state index contributed by atoms with van der Waals surface area (Å²) in [6, 6.07) is 20.3. The molecule has 8 heteroatoms. The van der Waals surface area contributed by atoms with Gasteiger partial charge in [-0.3, -0.25) is 9.52 Å². The van der Waals surface area contributed by atoms with E-state index in [9.17, 15) is 13.2 Å². The van der Waals surface area contributed by atoms with Crippen LogP contribution in [0.25, 0.3) is 0 Å². The van der Waals surface area contributed by atoms with Gasteiger partial charge in [0.2, 0.25) is 0 Å². The van der Waals surface area contributed by atoms with Gasteiger partial charge in [0.05, 0.1) is 12.0 Å². The molecule has 0 fully saturated rings. The zero-order valence-corrected chi connectivity index (χ0v) is 18.3. The fraction of sp³-hybridized carbons (Fsp3) is 0.174. The number of methoxy groups -OCH3 is 1. The maximum atomic E-state index is 12.6. The van der Waals surface area contributed by atoms with Crippen LogP contribution in [0.5, 0.6) is 11.5 Å². The van der Waals surface area contributed by atoms with E-state index in [-0.39, 0.29) is 17.4 Å². The Kier molecular flexibility index (Phi) is 6.81. The molecule has 3 aromatic rings. The number of sulfonamides is 1. The molecule has 0 bridgehead atoms. The summed E-state index contributed by atoms with van der Waals surface area (Å²) >= 11 is 0. The molecule has 0 unspecified atom stereocenters. The Labute approximate surface area is 182 Å². The quantitative estimate of drug-likeness (QED) is 0.575. The summed E-state index contributed by atoms with van der Waals surface area (Å²) in [5.74, 6) is 0.830. The van der Waals surface area contributed by atoms with Crippen LogP contribution < -0.4 is 19.1 Å². The molecular weight excluding hydrogens is 416 g/mol. The molecule has 7 nitrogen and oxygen atoms in total. The standard InChI is InChI=1S/C23H24N2O5S/c1-17-14-21(31(27,28)24-18-8-5-4-6-9-18)12-13-22(17)30-16-23(26)25(2)19-10-7-11-20(15-19)29-3/h4-15,24H,16H2,1-3H3. The number of hydrogen-bond acceptors (Lipinski definition) is 5. The second-order valence-electron chi connectivity index (χ2n) is 6.84. The van der Waals surface area contributed by atoms with Crippen LogP contribution >= 0.6 is 0 Å². The van der Waals surface area contributed by atoms with Gasteiger partial charge in [-0.15, -0.1) is 0 Å². The molecule has 0 spiro atoms. The van der Waals surface area contributed by atoms with E-state index in [0.717, 1.165) is 0 Å². The summed E-state index contributed by atoms with van der Waals surface area (Å²) in [6.07, 6.45) is 0. The highest BCUT2D eigenvalue weighted by atomic mass is 32.2. The number of hydrogen-bond donors (Lipinski definition) is 1. The fourth-order valence-corrected chi connectivity index (χ4v) is 4.01. The Hall–Kier alpha value is -3.52. The Morgan fingerprint density at radius 2 is 1.74 bits per heavy atom. The fourth-order valence-electron chi connectivity index (χ4n) is 2.87. The zero-order valence-electron chi connectivity index (χ0n) is 17.5. The zero-order chi connectivity index (χ0) is 22.4. The van der Waals surface area contributed by atoms with Crippen molar-refractivity contribution in [1.29, 1.82) is 0 Å². The lowest BCUT2D eigenvalue weighted by molar-refractivity contribution is -0.120. The third kappa shape index (κ3) is 5.55. The van der Waals surface area contributed by atoms with E-state index < -0.39 is 10.0 Å². The number of rotatable bonds is 8. The van der Waals surface area contributed by atoms with Crippen molar-refractivity contribution in [3.05, 3.63) is 78.4 Å². The van der Waals surface area contributed by atoms with Crippen LogP contribution in [-0.4, -0.2) is 35.1 Å². The van der Waals surface area contributed by atoms with E-state index in [4.69, 9.17) is 9.47 Å². The summed E-state index contributed by atoms with van der Waals surface area (Å²) in [6.45, 7) is 1.54. The molecule has 0 saturated carbocycles. The molecule has 1 amide bonds. The first kappa shape index (κ1) is 22.2. The number of carbonyl (C=O) groups excluding carboxylic acids is 1. The van der Waals surface area contributed by atoms with E-state index in [1.54, 1.807) is 81.7 Å². The number of amides is 1. The van der Waals surface area contributed by atoms with Crippen molar-refractivity contribution in [3.8, 4) is 11.5 Å². The minimum Gasteiger partial charge on any atom is -0.497 e. The van der Waals surface area contributed by atoms with Gasteiger partial charge in [-0.05, 0) is 55.0 Å². The summed E-state index contributed by atoms with van der Waals surface area (Å²) < 4.78 is 38.6. The molecule has 0 heterocycles. The first-order chi connectivity index (χ1) is 14.8. The van der Waals surface area contributed by atoms with Gasteiger partial charge in [-0.25, -0.2) is 8.42 Å². The van der Waals surface area contributed by atoms with E-state index >= 15 is 0 Å². The molecule has 0 atom stereocenters. The predicted molar refractivity (Wildman–Crippen MR) is 120 cm³/mol. The molecule has 0 aliphatic heterocycles. The third-order valence-corrected chi connectivity index (χ3v) is 6.03. The number of nitrogens with one attached hydrogen (secondary N) is 1. The van der Waals surface area contributed by atoms with Crippen LogP contribution in [0, 0.1) is 6.92 Å². The number of para-hydroxylation sites is 1. The second kappa shape index (κ2) is 9.53. The first-order valence-electron chi connectivity index (χ1n) is 9.52. The summed E-state index contributed by atoms with van der Waals surface area (Å²) in [5.41, 5.74) is 1.76. The molecule has 0 aromatic heterocycles. The third-order valence-electron chi connectivity index (χ3n) is 4.65. The molecule has 0 aliphatic rings. The highest BCUT2D eigenvalue weighted by Gasteiger charge is 2.17. The van der Waals surface area contributed by atoms with Crippen molar-refractivity contribution < 1.29 is 22.7 Å². The molecule has 3 rings (SSSR count). The average molecular weight is 441 g/mol. The lowest BCUT2D eigenvalue weighted by atomic mass is 10.2. The van der Waals surface area contributed by atoms with Gasteiger partial charge in [0.1, 0.15) is 11.5 Å². The van der Waals surface area contributed by atoms with Crippen LogP contribution in [0.15, 0.2) is 77.7 Å². The average Bonchev–Trinajstić information content (AvgIpc) is 2.77. The largest absolute Gasteiger partial charge is 0.497 e. The van der Waals surface area contributed by atoms with Gasteiger partial charge in [0, 0.05) is 24.5 Å². The number of likely N-dealkylation sites (N-methyl/N-ethyl adjacent to an activating group) is 1. The van der Waals surface area contributed by atoms with Gasteiger partial charge in [0.25, 0.3) is 15.9 Å².